The number of hydrogen-bond acceptors (Lipinski definition) is 1. The Balaban J connectivity index is 2.72. The Kier molecular flexibility index (Phi) is 2.72. The van der Waals surface area contributed by atoms with Gasteiger partial charge in [-0.3, -0.25) is 0 Å². The Morgan fingerprint density at radius 1 is 1.67 bits per heavy atom. The van der Waals surface area contributed by atoms with E-state index in [2.05, 4.69) is 41.3 Å². The molecule has 0 spiro atoms. The molecule has 0 aliphatic heterocycles. The molecule has 48 valence electrons. The van der Waals surface area contributed by atoms with Crippen LogP contribution in [-0.4, -0.2) is 0 Å². The molecule has 0 saturated heterocycles. The summed E-state index contributed by atoms with van der Waals surface area (Å²) < 4.78 is 1.35. The van der Waals surface area contributed by atoms with Crippen molar-refractivity contribution >= 4 is 33.9 Å². The summed E-state index contributed by atoms with van der Waals surface area (Å²) >= 11 is 4.15. The molecular weight excluding hydrogens is 243 g/mol. The number of hydrogen-bond donors (Lipinski definition) is 0. The SMILES string of the molecule is C=CCc1ccc(I)s1. The van der Waals surface area contributed by atoms with Crippen molar-refractivity contribution < 1.29 is 0 Å². The second-order valence-electron chi connectivity index (χ2n) is 1.70. The minimum Gasteiger partial charge on any atom is -0.134 e. The summed E-state index contributed by atoms with van der Waals surface area (Å²) in [5.74, 6) is 0. The monoisotopic (exact) mass is 250 g/mol. The van der Waals surface area contributed by atoms with Gasteiger partial charge in [-0.2, -0.15) is 0 Å². The topological polar surface area (TPSA) is 0 Å². The molecule has 0 unspecified atom stereocenters. The average molecular weight is 250 g/mol. The van der Waals surface area contributed by atoms with Crippen LogP contribution in [0.2, 0.25) is 0 Å². The van der Waals surface area contributed by atoms with Gasteiger partial charge in [0.1, 0.15) is 0 Å². The minimum atomic E-state index is 1.01. The molecule has 2 heteroatoms. The van der Waals surface area contributed by atoms with Crippen LogP contribution in [0.1, 0.15) is 4.88 Å². The van der Waals surface area contributed by atoms with E-state index in [-0.39, 0.29) is 0 Å². The molecule has 0 amide bonds. The second kappa shape index (κ2) is 3.37. The van der Waals surface area contributed by atoms with Crippen molar-refractivity contribution in [2.75, 3.05) is 0 Å². The third kappa shape index (κ3) is 2.10. The van der Waals surface area contributed by atoms with Crippen molar-refractivity contribution in [3.63, 3.8) is 0 Å². The van der Waals surface area contributed by atoms with E-state index in [1.54, 1.807) is 0 Å². The fourth-order valence-electron chi connectivity index (χ4n) is 0.604. The van der Waals surface area contributed by atoms with E-state index >= 15 is 0 Å². The van der Waals surface area contributed by atoms with Gasteiger partial charge in [0.15, 0.2) is 0 Å². The van der Waals surface area contributed by atoms with E-state index in [1.165, 1.54) is 7.76 Å². The lowest BCUT2D eigenvalue weighted by Gasteiger charge is -1.82. The molecule has 0 aliphatic rings. The van der Waals surface area contributed by atoms with Crippen LogP contribution in [-0.2, 0) is 6.42 Å². The van der Waals surface area contributed by atoms with Gasteiger partial charge in [-0.15, -0.1) is 17.9 Å². The largest absolute Gasteiger partial charge is 0.134 e. The smallest absolute Gasteiger partial charge is 0.0656 e. The molecule has 1 aromatic rings. The maximum atomic E-state index is 3.67. The molecule has 0 aromatic carbocycles. The normalized spacial score (nSPS) is 9.44. The summed E-state index contributed by atoms with van der Waals surface area (Å²) in [5.41, 5.74) is 0. The van der Waals surface area contributed by atoms with Gasteiger partial charge < -0.3 is 0 Å². The molecule has 1 heterocycles. The molecular formula is C7H7IS. The lowest BCUT2D eigenvalue weighted by Crippen LogP contribution is -1.66. The van der Waals surface area contributed by atoms with Crippen LogP contribution in [0.5, 0.6) is 0 Å². The van der Waals surface area contributed by atoms with Crippen molar-refractivity contribution in [3.8, 4) is 0 Å². The van der Waals surface area contributed by atoms with Crippen LogP contribution in [0.4, 0.5) is 0 Å². The van der Waals surface area contributed by atoms with E-state index in [9.17, 15) is 0 Å². The van der Waals surface area contributed by atoms with E-state index in [0.717, 1.165) is 6.42 Å². The first kappa shape index (κ1) is 7.28. The van der Waals surface area contributed by atoms with Crippen LogP contribution in [0.15, 0.2) is 24.8 Å². The zero-order valence-corrected chi connectivity index (χ0v) is 7.91. The summed E-state index contributed by atoms with van der Waals surface area (Å²) in [5, 5.41) is 0. The van der Waals surface area contributed by atoms with Crippen molar-refractivity contribution in [3.05, 3.63) is 32.5 Å². The molecule has 0 saturated carbocycles. The van der Waals surface area contributed by atoms with Crippen LogP contribution in [0.3, 0.4) is 0 Å². The van der Waals surface area contributed by atoms with Gasteiger partial charge in [-0.05, 0) is 41.1 Å². The lowest BCUT2D eigenvalue weighted by atomic mass is 10.3. The number of allylic oxidation sites excluding steroid dienone is 1. The fourth-order valence-corrected chi connectivity index (χ4v) is 2.36. The zero-order chi connectivity index (χ0) is 6.69. The summed E-state index contributed by atoms with van der Waals surface area (Å²) in [7, 11) is 0. The Morgan fingerprint density at radius 3 is 2.89 bits per heavy atom. The third-order valence-electron chi connectivity index (χ3n) is 0.974. The average Bonchev–Trinajstić information content (AvgIpc) is 2.17. The molecule has 0 bridgehead atoms. The molecule has 0 aliphatic carbocycles. The maximum Gasteiger partial charge on any atom is 0.0656 e. The Morgan fingerprint density at radius 2 is 2.44 bits per heavy atom. The molecule has 0 N–H and O–H groups in total. The maximum absolute atomic E-state index is 3.67. The van der Waals surface area contributed by atoms with Crippen molar-refractivity contribution in [2.24, 2.45) is 0 Å². The van der Waals surface area contributed by atoms with Crippen LogP contribution < -0.4 is 0 Å². The molecule has 0 fully saturated rings. The number of thiophene rings is 1. The summed E-state index contributed by atoms with van der Waals surface area (Å²) in [6.45, 7) is 3.67. The summed E-state index contributed by atoms with van der Waals surface area (Å²) in [6, 6.07) is 4.28. The van der Waals surface area contributed by atoms with Crippen molar-refractivity contribution in [2.45, 2.75) is 6.42 Å². The van der Waals surface area contributed by atoms with Gasteiger partial charge in [-0.25, -0.2) is 0 Å². The predicted molar refractivity (Wildman–Crippen MR) is 50.9 cm³/mol. The molecule has 9 heavy (non-hydrogen) atoms. The Hall–Kier alpha value is 0.170. The van der Waals surface area contributed by atoms with E-state index in [4.69, 9.17) is 0 Å². The molecule has 0 atom stereocenters. The van der Waals surface area contributed by atoms with Crippen LogP contribution in [0.25, 0.3) is 0 Å². The van der Waals surface area contributed by atoms with Gasteiger partial charge in [0.2, 0.25) is 0 Å². The van der Waals surface area contributed by atoms with Gasteiger partial charge in [0, 0.05) is 4.88 Å². The molecule has 1 rings (SSSR count). The molecule has 0 radical (unpaired) electrons. The number of halogens is 1. The second-order valence-corrected chi connectivity index (χ2v) is 4.76. The first-order valence-electron chi connectivity index (χ1n) is 2.68. The Labute approximate surface area is 72.7 Å². The highest BCUT2D eigenvalue weighted by Crippen LogP contribution is 2.18. The van der Waals surface area contributed by atoms with E-state index in [1.807, 2.05) is 17.4 Å². The van der Waals surface area contributed by atoms with Crippen LogP contribution in [0, 0.1) is 2.88 Å². The highest BCUT2D eigenvalue weighted by Gasteiger charge is 1.92. The minimum absolute atomic E-state index is 1.01. The van der Waals surface area contributed by atoms with E-state index in [0.29, 0.717) is 0 Å². The highest BCUT2D eigenvalue weighted by atomic mass is 127. The highest BCUT2D eigenvalue weighted by molar-refractivity contribution is 14.1. The van der Waals surface area contributed by atoms with Gasteiger partial charge in [0.05, 0.1) is 2.88 Å². The van der Waals surface area contributed by atoms with Crippen molar-refractivity contribution in [1.82, 2.24) is 0 Å². The molecule has 0 nitrogen and oxygen atoms in total. The van der Waals surface area contributed by atoms with Gasteiger partial charge >= 0.3 is 0 Å². The number of rotatable bonds is 2. The Bertz CT molecular complexity index is 202. The summed E-state index contributed by atoms with van der Waals surface area (Å²) in [4.78, 5) is 1.40. The zero-order valence-electron chi connectivity index (χ0n) is 4.93. The summed E-state index contributed by atoms with van der Waals surface area (Å²) in [6.07, 6.45) is 2.94. The van der Waals surface area contributed by atoms with E-state index < -0.39 is 0 Å². The lowest BCUT2D eigenvalue weighted by molar-refractivity contribution is 1.36. The van der Waals surface area contributed by atoms with Crippen LogP contribution >= 0.6 is 33.9 Å². The third-order valence-corrected chi connectivity index (χ3v) is 2.89. The standard InChI is InChI=1S/C7H7IS/c1-2-3-6-4-5-7(8)9-6/h2,4-5H,1,3H2. The van der Waals surface area contributed by atoms with Gasteiger partial charge in [0.25, 0.3) is 0 Å². The van der Waals surface area contributed by atoms with Crippen molar-refractivity contribution in [1.29, 1.82) is 0 Å². The fraction of sp³-hybridized carbons (Fsp3) is 0.143. The first-order valence-corrected chi connectivity index (χ1v) is 4.57. The quantitative estimate of drug-likeness (QED) is 0.559. The molecule has 1 aromatic heterocycles. The van der Waals surface area contributed by atoms with Gasteiger partial charge in [-0.1, -0.05) is 6.08 Å². The predicted octanol–water partition coefficient (Wildman–Crippen LogP) is 3.08. The first-order chi connectivity index (χ1) is 4.33.